The molecule has 7 nitrogen and oxygen atoms in total. The van der Waals surface area contributed by atoms with Crippen LogP contribution in [-0.2, 0) is 30.0 Å². The Morgan fingerprint density at radius 2 is 2.09 bits per heavy atom. The summed E-state index contributed by atoms with van der Waals surface area (Å²) in [7, 11) is -2.00. The molecule has 0 bridgehead atoms. The molecule has 1 aliphatic heterocycles. The number of aromatic carboxylic acids is 1. The minimum absolute atomic E-state index is 0.146. The second kappa shape index (κ2) is 5.47. The van der Waals surface area contributed by atoms with E-state index in [1.807, 2.05) is 0 Å². The topological polar surface area (TPSA) is 92.5 Å². The van der Waals surface area contributed by atoms with Crippen LogP contribution in [0.25, 0.3) is 0 Å². The second-order valence-corrected chi connectivity index (χ2v) is 7.42. The Morgan fingerprint density at radius 3 is 2.70 bits per heavy atom. The van der Waals surface area contributed by atoms with E-state index >= 15 is 0 Å². The van der Waals surface area contributed by atoms with E-state index in [2.05, 4.69) is 4.98 Å². The maximum Gasteiger partial charge on any atom is 0.335 e. The van der Waals surface area contributed by atoms with Gasteiger partial charge in [0, 0.05) is 20.1 Å². The molecule has 1 aliphatic rings. The molecule has 0 fully saturated rings. The molecule has 122 valence electrons. The van der Waals surface area contributed by atoms with Crippen molar-refractivity contribution in [3.8, 4) is 0 Å². The summed E-state index contributed by atoms with van der Waals surface area (Å²) < 4.78 is 28.5. The Kier molecular flexibility index (Phi) is 3.73. The SMILES string of the molecule is Cc1ncc(S(=O)(=O)N2CCc3c(cccc3C(=O)O)C2)n1C. The number of rotatable bonds is 3. The Balaban J connectivity index is 1.98. The number of sulfonamides is 1. The van der Waals surface area contributed by atoms with Crippen LogP contribution in [0.4, 0.5) is 0 Å². The normalized spacial score (nSPS) is 15.4. The van der Waals surface area contributed by atoms with Crippen molar-refractivity contribution < 1.29 is 18.3 Å². The molecule has 23 heavy (non-hydrogen) atoms. The summed E-state index contributed by atoms with van der Waals surface area (Å²) in [4.78, 5) is 15.3. The molecule has 0 radical (unpaired) electrons. The van der Waals surface area contributed by atoms with Crippen molar-refractivity contribution in [2.24, 2.45) is 7.05 Å². The minimum atomic E-state index is -3.66. The van der Waals surface area contributed by atoms with E-state index in [4.69, 9.17) is 0 Å². The smallest absolute Gasteiger partial charge is 0.335 e. The first kappa shape index (κ1) is 15.7. The maximum absolute atomic E-state index is 12.8. The quantitative estimate of drug-likeness (QED) is 0.909. The summed E-state index contributed by atoms with van der Waals surface area (Å²) in [6, 6.07) is 4.97. The lowest BCUT2D eigenvalue weighted by Crippen LogP contribution is -2.37. The van der Waals surface area contributed by atoms with Gasteiger partial charge in [-0.3, -0.25) is 0 Å². The number of hydrogen-bond donors (Lipinski definition) is 1. The van der Waals surface area contributed by atoms with Crippen LogP contribution in [0.5, 0.6) is 0 Å². The van der Waals surface area contributed by atoms with Gasteiger partial charge >= 0.3 is 5.97 Å². The molecule has 8 heteroatoms. The van der Waals surface area contributed by atoms with E-state index in [-0.39, 0.29) is 23.7 Å². The molecule has 0 spiro atoms. The van der Waals surface area contributed by atoms with Crippen molar-refractivity contribution in [1.29, 1.82) is 0 Å². The number of imidazole rings is 1. The van der Waals surface area contributed by atoms with Gasteiger partial charge in [0.05, 0.1) is 11.8 Å². The van der Waals surface area contributed by atoms with E-state index < -0.39 is 16.0 Å². The van der Waals surface area contributed by atoms with E-state index in [9.17, 15) is 18.3 Å². The number of nitrogens with zero attached hydrogens (tertiary/aromatic N) is 3. The summed E-state index contributed by atoms with van der Waals surface area (Å²) in [5.74, 6) is -0.366. The zero-order valence-electron chi connectivity index (χ0n) is 12.9. The molecule has 0 aliphatic carbocycles. The largest absolute Gasteiger partial charge is 0.478 e. The first-order valence-electron chi connectivity index (χ1n) is 7.15. The first-order valence-corrected chi connectivity index (χ1v) is 8.59. The molecule has 0 atom stereocenters. The maximum atomic E-state index is 12.8. The van der Waals surface area contributed by atoms with Crippen molar-refractivity contribution in [1.82, 2.24) is 13.9 Å². The van der Waals surface area contributed by atoms with Crippen molar-refractivity contribution in [3.63, 3.8) is 0 Å². The van der Waals surface area contributed by atoms with Crippen LogP contribution in [0.15, 0.2) is 29.4 Å². The number of hydrogen-bond acceptors (Lipinski definition) is 4. The van der Waals surface area contributed by atoms with Crippen LogP contribution in [0.3, 0.4) is 0 Å². The zero-order valence-corrected chi connectivity index (χ0v) is 13.7. The fourth-order valence-electron chi connectivity index (χ4n) is 2.84. The highest BCUT2D eigenvalue weighted by Gasteiger charge is 2.32. The number of carboxylic acid groups (broad SMARTS) is 1. The Bertz CT molecular complexity index is 886. The lowest BCUT2D eigenvalue weighted by atomic mass is 9.95. The predicted octanol–water partition coefficient (Wildman–Crippen LogP) is 1.17. The highest BCUT2D eigenvalue weighted by atomic mass is 32.2. The Labute approximate surface area is 134 Å². The monoisotopic (exact) mass is 335 g/mol. The van der Waals surface area contributed by atoms with Crippen LogP contribution in [0.2, 0.25) is 0 Å². The summed E-state index contributed by atoms with van der Waals surface area (Å²) in [6.07, 6.45) is 1.74. The molecular formula is C15H17N3O4S. The van der Waals surface area contributed by atoms with Gasteiger partial charge < -0.3 is 9.67 Å². The van der Waals surface area contributed by atoms with Gasteiger partial charge in [-0.05, 0) is 30.5 Å². The van der Waals surface area contributed by atoms with Gasteiger partial charge in [0.1, 0.15) is 5.82 Å². The standard InChI is InChI=1S/C15H17N3O4S/c1-10-16-8-14(17(10)2)23(21,22)18-7-6-12-11(9-18)4-3-5-13(12)15(19)20/h3-5,8H,6-7,9H2,1-2H3,(H,19,20). The number of benzene rings is 1. The van der Waals surface area contributed by atoms with E-state index in [0.29, 0.717) is 17.8 Å². The molecule has 0 amide bonds. The van der Waals surface area contributed by atoms with Crippen molar-refractivity contribution in [3.05, 3.63) is 46.9 Å². The second-order valence-electron chi connectivity index (χ2n) is 5.54. The third-order valence-electron chi connectivity index (χ3n) is 4.24. The van der Waals surface area contributed by atoms with Crippen molar-refractivity contribution >= 4 is 16.0 Å². The molecule has 1 aromatic carbocycles. The molecule has 1 aromatic heterocycles. The van der Waals surface area contributed by atoms with E-state index in [0.717, 1.165) is 5.56 Å². The van der Waals surface area contributed by atoms with Gasteiger partial charge in [0.25, 0.3) is 10.0 Å². The molecule has 0 unspecified atom stereocenters. The Morgan fingerprint density at radius 1 is 1.35 bits per heavy atom. The van der Waals surface area contributed by atoms with Crippen LogP contribution >= 0.6 is 0 Å². The Hall–Kier alpha value is -2.19. The zero-order chi connectivity index (χ0) is 16.8. The van der Waals surface area contributed by atoms with Gasteiger partial charge in [0.15, 0.2) is 5.03 Å². The van der Waals surface area contributed by atoms with Gasteiger partial charge in [-0.1, -0.05) is 12.1 Å². The molecule has 0 saturated carbocycles. The molecule has 2 aromatic rings. The lowest BCUT2D eigenvalue weighted by molar-refractivity contribution is 0.0695. The molecule has 1 N–H and O–H groups in total. The van der Waals surface area contributed by atoms with Gasteiger partial charge in [-0.2, -0.15) is 4.31 Å². The van der Waals surface area contributed by atoms with Crippen LogP contribution < -0.4 is 0 Å². The van der Waals surface area contributed by atoms with E-state index in [1.54, 1.807) is 36.7 Å². The molecular weight excluding hydrogens is 318 g/mol. The minimum Gasteiger partial charge on any atom is -0.478 e. The fourth-order valence-corrected chi connectivity index (χ4v) is 4.41. The molecule has 2 heterocycles. The summed E-state index contributed by atoms with van der Waals surface area (Å²) in [6.45, 7) is 2.16. The van der Waals surface area contributed by atoms with Crippen LogP contribution in [-0.4, -0.2) is 39.9 Å². The number of carboxylic acids is 1. The third-order valence-corrected chi connectivity index (χ3v) is 6.14. The van der Waals surface area contributed by atoms with Crippen LogP contribution in [0.1, 0.15) is 27.3 Å². The van der Waals surface area contributed by atoms with Gasteiger partial charge in [-0.25, -0.2) is 18.2 Å². The lowest BCUT2D eigenvalue weighted by Gasteiger charge is -2.28. The van der Waals surface area contributed by atoms with Gasteiger partial charge in [-0.15, -0.1) is 0 Å². The number of fused-ring (bicyclic) bond motifs is 1. The van der Waals surface area contributed by atoms with E-state index in [1.165, 1.54) is 10.5 Å². The third kappa shape index (κ3) is 2.53. The average molecular weight is 335 g/mol. The predicted molar refractivity (Wildman–Crippen MR) is 82.6 cm³/mol. The van der Waals surface area contributed by atoms with Crippen LogP contribution in [0, 0.1) is 6.92 Å². The molecule has 0 saturated heterocycles. The number of carbonyl (C=O) groups is 1. The first-order chi connectivity index (χ1) is 10.8. The number of aryl methyl sites for hydroxylation is 1. The van der Waals surface area contributed by atoms with Crippen molar-refractivity contribution in [2.75, 3.05) is 6.54 Å². The molecule has 3 rings (SSSR count). The summed E-state index contributed by atoms with van der Waals surface area (Å²) in [5.41, 5.74) is 1.70. The van der Waals surface area contributed by atoms with Crippen molar-refractivity contribution in [2.45, 2.75) is 24.9 Å². The highest BCUT2D eigenvalue weighted by molar-refractivity contribution is 7.89. The summed E-state index contributed by atoms with van der Waals surface area (Å²) in [5, 5.41) is 9.39. The highest BCUT2D eigenvalue weighted by Crippen LogP contribution is 2.27. The average Bonchev–Trinajstić information content (AvgIpc) is 2.86. The van der Waals surface area contributed by atoms with Gasteiger partial charge in [0.2, 0.25) is 0 Å². The fraction of sp³-hybridized carbons (Fsp3) is 0.333. The number of aromatic nitrogens is 2. The summed E-state index contributed by atoms with van der Waals surface area (Å²) >= 11 is 0.